The van der Waals surface area contributed by atoms with Crippen LogP contribution in [-0.4, -0.2) is 70.0 Å². The first-order valence-corrected chi connectivity index (χ1v) is 13.3. The second-order valence-corrected chi connectivity index (χ2v) is 11.2. The zero-order chi connectivity index (χ0) is 28.9. The minimum atomic E-state index is -1.38. The number of amides is 1. The van der Waals surface area contributed by atoms with Gasteiger partial charge in [-0.15, -0.1) is 0 Å². The third kappa shape index (κ3) is 4.90. The molecule has 16 heteroatoms. The van der Waals surface area contributed by atoms with Crippen molar-refractivity contribution in [3.05, 3.63) is 64.7 Å². The molecule has 0 aliphatic carbocycles. The molecular weight excluding hydrogens is 570 g/mol. The summed E-state index contributed by atoms with van der Waals surface area (Å²) < 4.78 is 8.92. The van der Waals surface area contributed by atoms with E-state index in [1.807, 2.05) is 24.3 Å². The standard InChI is InChI=1S/C23H23N5O8S3/c1-10(6-12-24(3)11(2)9-38-12)15-19(33)25(4)18(27(15)7-13(29)30)16-20(34)28(8-14(31)32)22(36-16)17-21(35)26(5)23(37)39-17/h6,9H,7-8H2,1-5H3,(H,29,30)(H,31,32)/b12-6?,15-10+,18-16+,22-17+. The fourth-order valence-electron chi connectivity index (χ4n) is 4.03. The van der Waals surface area contributed by atoms with Crippen LogP contribution >= 0.6 is 35.7 Å². The molecule has 2 aromatic rings. The van der Waals surface area contributed by atoms with Gasteiger partial charge in [-0.25, -0.2) is 0 Å². The molecule has 1 amide bonds. The first-order valence-electron chi connectivity index (χ1n) is 11.2. The number of carboxylic acid groups (broad SMARTS) is 2. The highest BCUT2D eigenvalue weighted by atomic mass is 32.2. The number of carbonyl (C=O) groups excluding carboxylic acids is 1. The molecule has 2 aromatic heterocycles. The average molecular weight is 594 g/mol. The maximum absolute atomic E-state index is 13.5. The van der Waals surface area contributed by atoms with Crippen LogP contribution < -0.4 is 22.0 Å². The third-order valence-corrected chi connectivity index (χ3v) is 8.72. The number of carbonyl (C=O) groups is 3. The van der Waals surface area contributed by atoms with E-state index in [-0.39, 0.29) is 25.6 Å². The Labute approximate surface area is 233 Å². The van der Waals surface area contributed by atoms with Crippen LogP contribution in [0.4, 0.5) is 0 Å². The summed E-state index contributed by atoms with van der Waals surface area (Å²) in [6.45, 7) is 2.01. The van der Waals surface area contributed by atoms with Gasteiger partial charge in [0.2, 0.25) is 11.0 Å². The number of nitrogens with zero attached hydrogens (tertiary/aromatic N) is 5. The lowest BCUT2D eigenvalue weighted by molar-refractivity contribution is -0.138. The Hall–Kier alpha value is -3.76. The van der Waals surface area contributed by atoms with Gasteiger partial charge in [0, 0.05) is 26.8 Å². The molecule has 2 aliphatic heterocycles. The number of imidazole rings is 1. The summed E-state index contributed by atoms with van der Waals surface area (Å²) in [5.41, 5.74) is -1.19. The Morgan fingerprint density at radius 1 is 1.03 bits per heavy atom. The molecule has 2 aliphatic rings. The van der Waals surface area contributed by atoms with Gasteiger partial charge in [-0.1, -0.05) is 24.0 Å². The molecule has 1 saturated heterocycles. The summed E-state index contributed by atoms with van der Waals surface area (Å²) in [5.74, 6) is -3.28. The molecule has 206 valence electrons. The van der Waals surface area contributed by atoms with E-state index >= 15 is 0 Å². The molecule has 0 spiro atoms. The maximum atomic E-state index is 13.5. The minimum Gasteiger partial charge on any atom is -0.480 e. The topological polar surface area (TPSA) is 160 Å². The number of hydrogen-bond donors (Lipinski definition) is 2. The van der Waals surface area contributed by atoms with Gasteiger partial charge >= 0.3 is 17.5 Å². The Morgan fingerprint density at radius 3 is 2.15 bits per heavy atom. The molecule has 1 fully saturated rings. The first-order chi connectivity index (χ1) is 18.2. The van der Waals surface area contributed by atoms with E-state index in [1.165, 1.54) is 25.9 Å². The molecule has 39 heavy (non-hydrogen) atoms. The largest absolute Gasteiger partial charge is 0.480 e. The van der Waals surface area contributed by atoms with Crippen LogP contribution in [0.25, 0.3) is 10.5 Å². The molecule has 0 bridgehead atoms. The fraction of sp³-hybridized carbons (Fsp3) is 0.304. The van der Waals surface area contributed by atoms with Crippen molar-refractivity contribution in [2.24, 2.45) is 7.05 Å². The van der Waals surface area contributed by atoms with Gasteiger partial charge in [0.25, 0.3) is 11.5 Å². The normalized spacial score (nSPS) is 19.8. The van der Waals surface area contributed by atoms with Crippen LogP contribution in [-0.2, 0) is 34.5 Å². The molecule has 0 aromatic carbocycles. The SMILES string of the molecule is CC1=CSC(=C/C(C)=c2\c(=O)n(C)/c(=c3\o/c(=C4/SC(=S)N(C)C4=O)n(CC(=O)O)c3=O)n2CC(=O)O)N1C. The van der Waals surface area contributed by atoms with E-state index in [0.29, 0.717) is 5.57 Å². The number of aliphatic carboxylic acids is 2. The van der Waals surface area contributed by atoms with Crippen LogP contribution in [0.5, 0.6) is 0 Å². The van der Waals surface area contributed by atoms with Crippen molar-refractivity contribution in [3.63, 3.8) is 0 Å². The van der Waals surface area contributed by atoms with Crippen molar-refractivity contribution >= 4 is 68.4 Å². The van der Waals surface area contributed by atoms with Gasteiger partial charge in [-0.05, 0) is 42.7 Å². The molecule has 13 nitrogen and oxygen atoms in total. The highest BCUT2D eigenvalue weighted by molar-refractivity contribution is 8.30. The summed E-state index contributed by atoms with van der Waals surface area (Å²) in [6.07, 6.45) is 1.73. The highest BCUT2D eigenvalue weighted by Gasteiger charge is 2.33. The summed E-state index contributed by atoms with van der Waals surface area (Å²) >= 11 is 7.40. The van der Waals surface area contributed by atoms with E-state index in [0.717, 1.165) is 41.1 Å². The second kappa shape index (κ2) is 10.4. The number of carboxylic acids is 2. The molecule has 0 saturated carbocycles. The second-order valence-electron chi connectivity index (χ2n) is 8.70. The van der Waals surface area contributed by atoms with Gasteiger partial charge in [0.15, 0.2) is 5.48 Å². The first kappa shape index (κ1) is 28.3. The molecule has 4 heterocycles. The maximum Gasteiger partial charge on any atom is 0.323 e. The van der Waals surface area contributed by atoms with Crippen molar-refractivity contribution in [2.45, 2.75) is 26.9 Å². The lowest BCUT2D eigenvalue weighted by atomic mass is 10.2. The zero-order valence-corrected chi connectivity index (χ0v) is 23.8. The van der Waals surface area contributed by atoms with Crippen molar-refractivity contribution in [1.29, 1.82) is 0 Å². The number of aromatic nitrogens is 3. The van der Waals surface area contributed by atoms with Gasteiger partial charge < -0.3 is 24.1 Å². The number of thiocarbonyl (C=S) groups is 1. The zero-order valence-electron chi connectivity index (χ0n) is 21.4. The Bertz CT molecular complexity index is 1870. The third-order valence-electron chi connectivity index (χ3n) is 6.10. The monoisotopic (exact) mass is 593 g/mol. The van der Waals surface area contributed by atoms with E-state index in [2.05, 4.69) is 0 Å². The average Bonchev–Trinajstić information content (AvgIpc) is 3.49. The smallest absolute Gasteiger partial charge is 0.323 e. The van der Waals surface area contributed by atoms with Crippen LogP contribution in [0.15, 0.2) is 36.2 Å². The van der Waals surface area contributed by atoms with Crippen molar-refractivity contribution < 1.29 is 29.0 Å². The molecule has 0 atom stereocenters. The summed E-state index contributed by atoms with van der Waals surface area (Å²) in [5, 5.41) is 21.8. The fourth-order valence-corrected chi connectivity index (χ4v) is 6.22. The van der Waals surface area contributed by atoms with Crippen molar-refractivity contribution in [3.8, 4) is 0 Å². The quantitative estimate of drug-likeness (QED) is 0.431. The van der Waals surface area contributed by atoms with Crippen molar-refractivity contribution in [1.82, 2.24) is 23.5 Å². The van der Waals surface area contributed by atoms with E-state index in [9.17, 15) is 34.2 Å². The molecule has 4 rings (SSSR count). The number of allylic oxidation sites excluding steroid dienone is 2. The summed E-state index contributed by atoms with van der Waals surface area (Å²) in [4.78, 5) is 66.1. The lowest BCUT2D eigenvalue weighted by Crippen LogP contribution is -2.34. The van der Waals surface area contributed by atoms with Gasteiger partial charge in [-0.3, -0.25) is 38.0 Å². The predicted octanol–water partition coefficient (Wildman–Crippen LogP) is -0.452. The Balaban J connectivity index is 2.21. The molecule has 0 radical (unpaired) electrons. The summed E-state index contributed by atoms with van der Waals surface area (Å²) in [7, 11) is 4.62. The van der Waals surface area contributed by atoms with Crippen LogP contribution in [0.2, 0.25) is 0 Å². The summed E-state index contributed by atoms with van der Waals surface area (Å²) in [6, 6.07) is 0. The Morgan fingerprint density at radius 2 is 1.64 bits per heavy atom. The number of oxazole rings is 1. The minimum absolute atomic E-state index is 0.00275. The van der Waals surface area contributed by atoms with Crippen LogP contribution in [0, 0.1) is 10.9 Å². The van der Waals surface area contributed by atoms with E-state index in [4.69, 9.17) is 16.6 Å². The van der Waals surface area contributed by atoms with Crippen molar-refractivity contribution in [2.75, 3.05) is 14.1 Å². The van der Waals surface area contributed by atoms with Gasteiger partial charge in [-0.2, -0.15) is 0 Å². The van der Waals surface area contributed by atoms with E-state index in [1.54, 1.807) is 13.0 Å². The number of thioether (sulfide) groups is 2. The van der Waals surface area contributed by atoms with Crippen LogP contribution in [0.3, 0.4) is 0 Å². The lowest BCUT2D eigenvalue weighted by Gasteiger charge is -2.14. The van der Waals surface area contributed by atoms with Gasteiger partial charge in [0.05, 0.1) is 5.03 Å². The highest BCUT2D eigenvalue weighted by Crippen LogP contribution is 2.33. The predicted molar refractivity (Wildman–Crippen MR) is 147 cm³/mol. The van der Waals surface area contributed by atoms with Crippen LogP contribution in [0.1, 0.15) is 13.8 Å². The number of rotatable bonds is 5. The number of hydrogen-bond acceptors (Lipinski definition) is 10. The molecule has 2 N–H and O–H groups in total. The molecule has 0 unspecified atom stereocenters. The van der Waals surface area contributed by atoms with E-state index < -0.39 is 47.5 Å². The Kier molecular flexibility index (Phi) is 7.55. The molecular formula is C23H23N5O8S3. The van der Waals surface area contributed by atoms with Gasteiger partial charge in [0.1, 0.15) is 27.7 Å².